The van der Waals surface area contributed by atoms with Crippen molar-refractivity contribution in [2.24, 2.45) is 23.7 Å². The number of ether oxygens (including phenoxy) is 3. The fourth-order valence-electron chi connectivity index (χ4n) is 12.7. The summed E-state index contributed by atoms with van der Waals surface area (Å²) in [5, 5.41) is 22.6. The minimum atomic E-state index is -1.82. The topological polar surface area (TPSA) is 131 Å². The zero-order chi connectivity index (χ0) is 57.0. The zero-order valence-corrected chi connectivity index (χ0v) is 51.4. The molecule has 11 nitrogen and oxygen atoms in total. The van der Waals surface area contributed by atoms with Crippen molar-refractivity contribution in [3.63, 3.8) is 0 Å². The summed E-state index contributed by atoms with van der Waals surface area (Å²) in [7, 11) is 1.63. The molecular weight excluding hydrogens is 1030 g/mol. The van der Waals surface area contributed by atoms with E-state index >= 15 is 0 Å². The van der Waals surface area contributed by atoms with Crippen molar-refractivity contribution in [3.05, 3.63) is 130 Å². The molecule has 0 aliphatic heterocycles. The van der Waals surface area contributed by atoms with E-state index in [-0.39, 0.29) is 47.5 Å². The number of anilines is 2. The number of thiazole rings is 1. The molecule has 4 saturated carbocycles. The third-order valence-electron chi connectivity index (χ3n) is 18.6. The van der Waals surface area contributed by atoms with Gasteiger partial charge in [0.1, 0.15) is 18.1 Å². The van der Waals surface area contributed by atoms with E-state index in [0.29, 0.717) is 48.3 Å². The molecule has 0 atom stereocenters. The number of nitrogens with zero attached hydrogens (tertiary/aromatic N) is 3. The van der Waals surface area contributed by atoms with Gasteiger partial charge in [-0.1, -0.05) is 80.6 Å². The van der Waals surface area contributed by atoms with Gasteiger partial charge in [0.2, 0.25) is 11.8 Å². The van der Waals surface area contributed by atoms with E-state index in [0.717, 1.165) is 137 Å². The standard InChI is InChI=1S/C35H53NO4Si.C32H40N2O4S/c1-25-21-30(17-20-33(25)39-5)28-13-11-26(12-14-28)23-36(31-10-8-9-27(22-31)24-37)34(38)29-15-18-32(19-16-29)40-41(6,7)35(2,3)4;1-22-18-27(12-15-30(22)37-2)25-8-6-23(7-9-25)20-34(31(36)26-10-13-29(35)14-11-26)28-5-3-4-24(19-28)21-38-32-33-16-17-39-32/h8-10,17,20-22,26,28-29,32,37H,11-16,18-19,23-24H2,1-7H3;3-5,12,15-19,23,25-26,29,35H,6-11,13-14,20-21H2,1-2H3. The van der Waals surface area contributed by atoms with E-state index in [9.17, 15) is 19.8 Å². The number of methoxy groups -OCH3 is 2. The highest BCUT2D eigenvalue weighted by atomic mass is 32.1. The molecule has 0 spiro atoms. The van der Waals surface area contributed by atoms with E-state index in [2.05, 4.69) is 100 Å². The Labute approximate surface area is 483 Å². The van der Waals surface area contributed by atoms with Gasteiger partial charge < -0.3 is 38.6 Å². The summed E-state index contributed by atoms with van der Waals surface area (Å²) in [4.78, 5) is 36.3. The maximum Gasteiger partial charge on any atom is 0.273 e. The Balaban J connectivity index is 0.000000210. The highest BCUT2D eigenvalue weighted by Crippen LogP contribution is 2.43. The lowest BCUT2D eigenvalue weighted by Crippen LogP contribution is -2.46. The number of carbonyl (C=O) groups is 2. The van der Waals surface area contributed by atoms with Crippen LogP contribution in [0.1, 0.15) is 169 Å². The molecule has 2 N–H and O–H groups in total. The molecule has 4 aliphatic carbocycles. The van der Waals surface area contributed by atoms with E-state index in [1.54, 1.807) is 20.4 Å². The van der Waals surface area contributed by atoms with Crippen molar-refractivity contribution in [2.75, 3.05) is 37.1 Å². The predicted octanol–water partition coefficient (Wildman–Crippen LogP) is 15.3. The van der Waals surface area contributed by atoms with Crippen molar-refractivity contribution in [3.8, 4) is 16.7 Å². The highest BCUT2D eigenvalue weighted by Gasteiger charge is 2.41. The van der Waals surface area contributed by atoms with Crippen molar-refractivity contribution >= 4 is 42.8 Å². The maximum atomic E-state index is 14.1. The first-order chi connectivity index (χ1) is 38.4. The summed E-state index contributed by atoms with van der Waals surface area (Å²) in [5.74, 6) is 4.41. The first kappa shape index (κ1) is 61.0. The molecule has 0 bridgehead atoms. The number of hydrogen-bond donors (Lipinski definition) is 2. The van der Waals surface area contributed by atoms with E-state index < -0.39 is 8.32 Å². The van der Waals surface area contributed by atoms with Gasteiger partial charge >= 0.3 is 0 Å². The summed E-state index contributed by atoms with van der Waals surface area (Å²) in [5.41, 5.74) is 8.93. The molecule has 1 heterocycles. The third-order valence-corrected chi connectivity index (χ3v) is 23.8. The molecule has 0 saturated heterocycles. The van der Waals surface area contributed by atoms with E-state index in [4.69, 9.17) is 18.6 Å². The van der Waals surface area contributed by atoms with Crippen LogP contribution in [0.3, 0.4) is 0 Å². The minimum absolute atomic E-state index is 0.0157. The normalized spacial score (nSPS) is 23.5. The van der Waals surface area contributed by atoms with Crippen molar-refractivity contribution in [2.45, 2.75) is 193 Å². The van der Waals surface area contributed by atoms with Crippen LogP contribution in [0.25, 0.3) is 0 Å². The second-order valence-electron chi connectivity index (χ2n) is 25.2. The molecule has 0 radical (unpaired) electrons. The van der Waals surface area contributed by atoms with Crippen molar-refractivity contribution in [1.29, 1.82) is 0 Å². The summed E-state index contributed by atoms with van der Waals surface area (Å²) < 4.78 is 23.5. The monoisotopic (exact) mass is 1130 g/mol. The number of aryl methyl sites for hydroxylation is 2. The Kier molecular flexibility index (Phi) is 21.6. The number of aromatic nitrogens is 1. The first-order valence-corrected chi connectivity index (χ1v) is 33.8. The molecule has 434 valence electrons. The van der Waals surface area contributed by atoms with Crippen LogP contribution in [-0.4, -0.2) is 74.8 Å². The van der Waals surface area contributed by atoms with Gasteiger partial charge in [0, 0.05) is 54.0 Å². The quantitative estimate of drug-likeness (QED) is 0.0824. The molecule has 4 fully saturated rings. The van der Waals surface area contributed by atoms with Crippen molar-refractivity contribution in [1.82, 2.24) is 4.98 Å². The van der Waals surface area contributed by atoms with Crippen molar-refractivity contribution < 1.29 is 38.4 Å². The average molecular weight is 1130 g/mol. The maximum absolute atomic E-state index is 14.1. The number of carbonyl (C=O) groups excluding carboxylic acids is 2. The Morgan fingerprint density at radius 3 is 1.55 bits per heavy atom. The Bertz CT molecular complexity index is 2750. The SMILES string of the molecule is COc1ccc(C2CCC(CN(C(=O)C3CCC(O)CC3)c3cccc(COc4nccs4)c3)CC2)cc1C.COc1ccc(C2CCC(CN(C(=O)C3CCC(O[Si](C)(C)C(C)(C)C)CC3)c3cccc(CO)c3)CC2)cc1C. The molecule has 2 amide bonds. The molecule has 5 aromatic rings. The lowest BCUT2D eigenvalue weighted by molar-refractivity contribution is -0.124. The van der Waals surface area contributed by atoms with Crippen LogP contribution in [0.4, 0.5) is 11.4 Å². The fourth-order valence-corrected chi connectivity index (χ4v) is 14.6. The molecule has 1 aromatic heterocycles. The first-order valence-electron chi connectivity index (χ1n) is 30.0. The van der Waals surface area contributed by atoms with Crippen LogP contribution >= 0.6 is 11.3 Å². The number of aliphatic hydroxyl groups excluding tert-OH is 2. The number of hydrogen-bond acceptors (Lipinski definition) is 10. The van der Waals surface area contributed by atoms with Gasteiger partial charge in [0.25, 0.3) is 5.19 Å². The molecule has 0 unspecified atom stereocenters. The zero-order valence-electron chi connectivity index (χ0n) is 49.6. The predicted molar refractivity (Wildman–Crippen MR) is 327 cm³/mol. The molecule has 4 aromatic carbocycles. The van der Waals surface area contributed by atoms with Gasteiger partial charge in [-0.25, -0.2) is 4.98 Å². The Hall–Kier alpha value is -5.05. The number of benzene rings is 4. The summed E-state index contributed by atoms with van der Waals surface area (Å²) in [6.45, 7) is 17.6. The van der Waals surface area contributed by atoms with Crippen LogP contribution < -0.4 is 24.0 Å². The number of aliphatic hydroxyl groups is 2. The Morgan fingerprint density at radius 2 is 1.11 bits per heavy atom. The third kappa shape index (κ3) is 16.1. The van der Waals surface area contributed by atoms with Gasteiger partial charge in [0.05, 0.1) is 26.9 Å². The number of amides is 2. The lowest BCUT2D eigenvalue weighted by atomic mass is 9.78. The molecule has 4 aliphatic rings. The van der Waals surface area contributed by atoms with E-state index in [1.807, 2.05) is 52.7 Å². The van der Waals surface area contributed by atoms with Crippen LogP contribution in [0.2, 0.25) is 18.1 Å². The number of rotatable bonds is 18. The smallest absolute Gasteiger partial charge is 0.273 e. The van der Waals surface area contributed by atoms with E-state index in [1.165, 1.54) is 33.6 Å². The van der Waals surface area contributed by atoms with Crippen LogP contribution in [0.15, 0.2) is 96.5 Å². The summed E-state index contributed by atoms with van der Waals surface area (Å²) in [6.07, 6.45) is 17.4. The minimum Gasteiger partial charge on any atom is -0.496 e. The fraction of sp³-hybridized carbons (Fsp3) is 0.567. The van der Waals surface area contributed by atoms with Crippen LogP contribution in [0.5, 0.6) is 16.7 Å². The van der Waals surface area contributed by atoms with Gasteiger partial charge in [0.15, 0.2) is 8.32 Å². The van der Waals surface area contributed by atoms with Gasteiger partial charge in [-0.2, -0.15) is 0 Å². The summed E-state index contributed by atoms with van der Waals surface area (Å²) in [6, 6.07) is 29.3. The van der Waals surface area contributed by atoms with Gasteiger partial charge in [-0.05, 0) is 228 Å². The second-order valence-corrected chi connectivity index (χ2v) is 30.8. The summed E-state index contributed by atoms with van der Waals surface area (Å²) >= 11 is 1.48. The second kappa shape index (κ2) is 28.3. The molecule has 9 rings (SSSR count). The lowest BCUT2D eigenvalue weighted by Gasteiger charge is -2.41. The van der Waals surface area contributed by atoms with Gasteiger partial charge in [-0.3, -0.25) is 9.59 Å². The van der Waals surface area contributed by atoms with Crippen LogP contribution in [0, 0.1) is 37.5 Å². The highest BCUT2D eigenvalue weighted by molar-refractivity contribution is 7.11. The molecular formula is C67H93N3O8SSi. The van der Waals surface area contributed by atoms with Crippen LogP contribution in [-0.2, 0) is 27.2 Å². The van der Waals surface area contributed by atoms with Gasteiger partial charge in [-0.15, -0.1) is 0 Å². The largest absolute Gasteiger partial charge is 0.496 e. The molecule has 13 heteroatoms. The Morgan fingerprint density at radius 1 is 0.637 bits per heavy atom. The molecule has 80 heavy (non-hydrogen) atoms. The average Bonchev–Trinajstić information content (AvgIpc) is 4.01.